The van der Waals surface area contributed by atoms with Crippen LogP contribution in [0, 0.1) is 6.92 Å². The zero-order chi connectivity index (χ0) is 24.6. The highest BCUT2D eigenvalue weighted by Gasteiger charge is 2.13. The second-order valence-electron chi connectivity index (χ2n) is 7.59. The van der Waals surface area contributed by atoms with Gasteiger partial charge in [0.05, 0.1) is 6.61 Å². The van der Waals surface area contributed by atoms with Crippen LogP contribution < -0.4 is 10.6 Å². The van der Waals surface area contributed by atoms with E-state index in [9.17, 15) is 9.59 Å². The summed E-state index contributed by atoms with van der Waals surface area (Å²) in [6.45, 7) is 2.43. The maximum Gasteiger partial charge on any atom is 0.411 e. The summed E-state index contributed by atoms with van der Waals surface area (Å²) in [5.41, 5.74) is 4.07. The van der Waals surface area contributed by atoms with Crippen molar-refractivity contribution in [2.24, 2.45) is 0 Å². The highest BCUT2D eigenvalue weighted by atomic mass is 16.6. The lowest BCUT2D eigenvalue weighted by Gasteiger charge is -2.09. The minimum absolute atomic E-state index is 0.144. The van der Waals surface area contributed by atoms with Gasteiger partial charge in [-0.2, -0.15) is 0 Å². The van der Waals surface area contributed by atoms with Crippen LogP contribution in [0.5, 0.6) is 0 Å². The number of amides is 2. The Morgan fingerprint density at radius 3 is 2.31 bits per heavy atom. The fourth-order valence-corrected chi connectivity index (χ4v) is 3.28. The average Bonchev–Trinajstić information content (AvgIpc) is 3.35. The Kier molecular flexibility index (Phi) is 7.49. The number of benzene rings is 3. The van der Waals surface area contributed by atoms with Crippen LogP contribution in [-0.4, -0.2) is 42.5 Å². The van der Waals surface area contributed by atoms with Crippen LogP contribution in [0.25, 0.3) is 22.9 Å². The van der Waals surface area contributed by atoms with Crippen molar-refractivity contribution >= 4 is 23.4 Å². The Hall–Kier alpha value is -4.50. The largest absolute Gasteiger partial charge is 0.447 e. The quantitative estimate of drug-likeness (QED) is 0.340. The van der Waals surface area contributed by atoms with Crippen LogP contribution in [0.3, 0.4) is 0 Å². The van der Waals surface area contributed by atoms with Gasteiger partial charge in [-0.15, -0.1) is 10.2 Å². The van der Waals surface area contributed by atoms with E-state index in [0.29, 0.717) is 40.9 Å². The Labute approximate surface area is 202 Å². The maximum atomic E-state index is 12.7. The minimum Gasteiger partial charge on any atom is -0.447 e. The highest BCUT2D eigenvalue weighted by Crippen LogP contribution is 2.26. The van der Waals surface area contributed by atoms with E-state index in [2.05, 4.69) is 20.8 Å². The van der Waals surface area contributed by atoms with E-state index in [1.165, 1.54) is 7.11 Å². The van der Waals surface area contributed by atoms with Gasteiger partial charge in [0.1, 0.15) is 6.61 Å². The fourth-order valence-electron chi connectivity index (χ4n) is 3.28. The highest BCUT2D eigenvalue weighted by molar-refractivity contribution is 6.04. The third-order valence-corrected chi connectivity index (χ3v) is 5.08. The molecule has 0 atom stereocenters. The van der Waals surface area contributed by atoms with E-state index in [1.54, 1.807) is 48.5 Å². The number of aromatic nitrogens is 2. The lowest BCUT2D eigenvalue weighted by Crippen LogP contribution is -2.17. The van der Waals surface area contributed by atoms with Gasteiger partial charge in [-0.25, -0.2) is 4.79 Å². The average molecular weight is 473 g/mol. The molecule has 0 aliphatic rings. The Bertz CT molecular complexity index is 1320. The molecule has 0 aliphatic heterocycles. The zero-order valence-corrected chi connectivity index (χ0v) is 19.3. The molecule has 2 N–H and O–H groups in total. The molecule has 9 nitrogen and oxygen atoms in total. The molecule has 4 rings (SSSR count). The van der Waals surface area contributed by atoms with Gasteiger partial charge in [0.2, 0.25) is 11.8 Å². The summed E-state index contributed by atoms with van der Waals surface area (Å²) in [5, 5.41) is 13.7. The van der Waals surface area contributed by atoms with Gasteiger partial charge in [0.25, 0.3) is 5.91 Å². The van der Waals surface area contributed by atoms with Gasteiger partial charge >= 0.3 is 6.09 Å². The first-order chi connectivity index (χ1) is 17.0. The molecule has 35 heavy (non-hydrogen) atoms. The van der Waals surface area contributed by atoms with Crippen molar-refractivity contribution in [1.82, 2.24) is 10.2 Å². The van der Waals surface area contributed by atoms with Gasteiger partial charge in [0, 0.05) is 35.2 Å². The summed E-state index contributed by atoms with van der Waals surface area (Å²) in [5.74, 6) is 0.505. The van der Waals surface area contributed by atoms with E-state index < -0.39 is 6.09 Å². The molecule has 0 radical (unpaired) electrons. The molecule has 0 unspecified atom stereocenters. The molecule has 0 bridgehead atoms. The van der Waals surface area contributed by atoms with Crippen LogP contribution in [-0.2, 0) is 9.47 Å². The van der Waals surface area contributed by atoms with E-state index >= 15 is 0 Å². The Balaban J connectivity index is 1.39. The van der Waals surface area contributed by atoms with Crippen molar-refractivity contribution in [1.29, 1.82) is 0 Å². The molecular weight excluding hydrogens is 448 g/mol. The normalized spacial score (nSPS) is 10.6. The summed E-state index contributed by atoms with van der Waals surface area (Å²) in [7, 11) is 1.52. The molecule has 2 amide bonds. The number of ether oxygens (including phenoxy) is 2. The van der Waals surface area contributed by atoms with Crippen LogP contribution in [0.1, 0.15) is 15.9 Å². The fraction of sp³-hybridized carbons (Fsp3) is 0.154. The number of hydrogen-bond donors (Lipinski definition) is 2. The first-order valence-corrected chi connectivity index (χ1v) is 10.9. The smallest absolute Gasteiger partial charge is 0.411 e. The van der Waals surface area contributed by atoms with Crippen molar-refractivity contribution < 1.29 is 23.5 Å². The number of aryl methyl sites for hydroxylation is 1. The van der Waals surface area contributed by atoms with Crippen LogP contribution >= 0.6 is 0 Å². The number of hydrogen-bond acceptors (Lipinski definition) is 7. The first kappa shape index (κ1) is 23.7. The molecule has 0 spiro atoms. The molecule has 3 aromatic carbocycles. The van der Waals surface area contributed by atoms with Crippen molar-refractivity contribution in [3.05, 3.63) is 83.9 Å². The number of carbonyl (C=O) groups is 2. The van der Waals surface area contributed by atoms with Crippen LogP contribution in [0.2, 0.25) is 0 Å². The monoisotopic (exact) mass is 472 g/mol. The number of nitrogens with zero attached hydrogens (tertiary/aromatic N) is 2. The van der Waals surface area contributed by atoms with Crippen molar-refractivity contribution in [3.8, 4) is 22.9 Å². The third kappa shape index (κ3) is 6.10. The van der Waals surface area contributed by atoms with E-state index in [1.807, 2.05) is 31.2 Å². The number of nitrogens with one attached hydrogen (secondary N) is 2. The standard InChI is InChI=1S/C26H24N4O5/c1-17-6-3-4-9-22(17)25-30-29-24(35-25)19-12-10-18(11-13-19)23(31)27-20-7-5-8-21(16-20)28-26(32)34-15-14-33-2/h3-13,16H,14-15H2,1-2H3,(H,27,31)(H,28,32). The molecule has 178 valence electrons. The molecule has 1 aromatic heterocycles. The second-order valence-corrected chi connectivity index (χ2v) is 7.59. The summed E-state index contributed by atoms with van der Waals surface area (Å²) >= 11 is 0. The second kappa shape index (κ2) is 11.1. The molecule has 9 heteroatoms. The third-order valence-electron chi connectivity index (χ3n) is 5.08. The molecule has 0 saturated heterocycles. The van der Waals surface area contributed by atoms with Crippen LogP contribution in [0.4, 0.5) is 16.2 Å². The zero-order valence-electron chi connectivity index (χ0n) is 19.3. The Morgan fingerprint density at radius 2 is 1.57 bits per heavy atom. The van der Waals surface area contributed by atoms with E-state index in [-0.39, 0.29) is 12.5 Å². The summed E-state index contributed by atoms with van der Waals surface area (Å²) in [6, 6.07) is 21.4. The van der Waals surface area contributed by atoms with Crippen LogP contribution in [0.15, 0.2) is 77.2 Å². The van der Waals surface area contributed by atoms with Gasteiger partial charge in [0.15, 0.2) is 0 Å². The van der Waals surface area contributed by atoms with Crippen molar-refractivity contribution in [3.63, 3.8) is 0 Å². The molecule has 1 heterocycles. The van der Waals surface area contributed by atoms with E-state index in [0.717, 1.165) is 11.1 Å². The minimum atomic E-state index is -0.604. The SMILES string of the molecule is COCCOC(=O)Nc1cccc(NC(=O)c2ccc(-c3nnc(-c4ccccc4C)o3)cc2)c1. The number of rotatable bonds is 8. The lowest BCUT2D eigenvalue weighted by atomic mass is 10.1. The van der Waals surface area contributed by atoms with E-state index in [4.69, 9.17) is 13.9 Å². The summed E-state index contributed by atoms with van der Waals surface area (Å²) in [4.78, 5) is 24.5. The summed E-state index contributed by atoms with van der Waals surface area (Å²) < 4.78 is 15.7. The van der Waals surface area contributed by atoms with Crippen molar-refractivity contribution in [2.45, 2.75) is 6.92 Å². The molecule has 4 aromatic rings. The van der Waals surface area contributed by atoms with Crippen molar-refractivity contribution in [2.75, 3.05) is 31.0 Å². The molecule has 0 aliphatic carbocycles. The summed E-state index contributed by atoms with van der Waals surface area (Å²) in [6.07, 6.45) is -0.604. The predicted octanol–water partition coefficient (Wildman–Crippen LogP) is 5.16. The first-order valence-electron chi connectivity index (χ1n) is 10.9. The maximum absolute atomic E-state index is 12.7. The van der Waals surface area contributed by atoms with Gasteiger partial charge in [-0.3, -0.25) is 10.1 Å². The topological polar surface area (TPSA) is 116 Å². The number of methoxy groups -OCH3 is 1. The number of anilines is 2. The predicted molar refractivity (Wildman–Crippen MR) is 131 cm³/mol. The van der Waals surface area contributed by atoms with Gasteiger partial charge < -0.3 is 19.2 Å². The number of carbonyl (C=O) groups excluding carboxylic acids is 2. The molecule has 0 fully saturated rings. The molecule has 0 saturated carbocycles. The molecular formula is C26H24N4O5. The lowest BCUT2D eigenvalue weighted by molar-refractivity contribution is 0.102. The van der Waals surface area contributed by atoms with Gasteiger partial charge in [-0.1, -0.05) is 24.3 Å². The Morgan fingerprint density at radius 1 is 0.857 bits per heavy atom. The van der Waals surface area contributed by atoms with Gasteiger partial charge in [-0.05, 0) is 61.0 Å².